The molecule has 2 amide bonds. The molecular formula is C24H42N4O4. The number of alkyl carbamates (subject to hydrolysis) is 1. The summed E-state index contributed by atoms with van der Waals surface area (Å²) in [6.45, 7) is 12.8. The van der Waals surface area contributed by atoms with Crippen LogP contribution in [-0.2, 0) is 14.3 Å². The molecule has 182 valence electrons. The number of hydrogen-bond donors (Lipinski definition) is 2. The maximum atomic E-state index is 12.6. The Kier molecular flexibility index (Phi) is 7.03. The highest BCUT2D eigenvalue weighted by atomic mass is 16.6. The highest BCUT2D eigenvalue weighted by Crippen LogP contribution is 2.44. The average molecular weight is 451 g/mol. The summed E-state index contributed by atoms with van der Waals surface area (Å²) in [5, 5.41) is 6.42. The number of nitrogens with one attached hydrogen (secondary N) is 2. The van der Waals surface area contributed by atoms with E-state index >= 15 is 0 Å². The van der Waals surface area contributed by atoms with Crippen molar-refractivity contribution < 1.29 is 19.1 Å². The molecule has 0 aromatic carbocycles. The van der Waals surface area contributed by atoms with E-state index in [1.165, 1.54) is 0 Å². The van der Waals surface area contributed by atoms with Crippen LogP contribution in [0.5, 0.6) is 0 Å². The lowest BCUT2D eigenvalue weighted by Crippen LogP contribution is -2.65. The molecule has 4 saturated heterocycles. The normalized spacial score (nSPS) is 32.0. The van der Waals surface area contributed by atoms with Crippen LogP contribution in [0.3, 0.4) is 0 Å². The van der Waals surface area contributed by atoms with E-state index in [1.54, 1.807) is 0 Å². The molecule has 0 spiro atoms. The number of piperazine rings is 1. The molecule has 1 saturated carbocycles. The molecule has 1 aliphatic carbocycles. The first kappa shape index (κ1) is 23.8. The Morgan fingerprint density at radius 1 is 1.06 bits per heavy atom. The van der Waals surface area contributed by atoms with Gasteiger partial charge >= 0.3 is 6.09 Å². The number of ether oxygens (including phenoxy) is 2. The molecule has 8 nitrogen and oxygen atoms in total. The summed E-state index contributed by atoms with van der Waals surface area (Å²) >= 11 is 0. The lowest BCUT2D eigenvalue weighted by molar-refractivity contribution is -0.171. The molecule has 5 rings (SSSR count). The predicted molar refractivity (Wildman–Crippen MR) is 122 cm³/mol. The van der Waals surface area contributed by atoms with E-state index in [9.17, 15) is 9.59 Å². The summed E-state index contributed by atoms with van der Waals surface area (Å²) in [5.74, 6) is 0.843. The minimum absolute atomic E-state index is 0.0825. The van der Waals surface area contributed by atoms with Crippen molar-refractivity contribution in [3.05, 3.63) is 0 Å². The number of hydrogen-bond acceptors (Lipinski definition) is 6. The summed E-state index contributed by atoms with van der Waals surface area (Å²) in [5.41, 5.74) is -0.849. The van der Waals surface area contributed by atoms with Crippen LogP contribution >= 0.6 is 0 Å². The van der Waals surface area contributed by atoms with E-state index in [4.69, 9.17) is 9.47 Å². The molecule has 5 fully saturated rings. The third-order valence-corrected chi connectivity index (χ3v) is 7.69. The van der Waals surface area contributed by atoms with Crippen LogP contribution in [-0.4, -0.2) is 91.0 Å². The Hall–Kier alpha value is -1.38. The van der Waals surface area contributed by atoms with Crippen molar-refractivity contribution in [2.75, 3.05) is 52.4 Å². The molecule has 0 aromatic rings. The number of carbonyl (C=O) groups is 2. The third-order valence-electron chi connectivity index (χ3n) is 7.69. The van der Waals surface area contributed by atoms with Gasteiger partial charge in [0.05, 0.1) is 17.7 Å². The fourth-order valence-electron chi connectivity index (χ4n) is 5.70. The SMILES string of the molecule is CC(C)(C)OC(=O)NC12CCC(CN3CCC(CC(=O)N4CCNCC4)CC3)(CC1)OC2. The number of piperidine rings is 1. The molecule has 2 bridgehead atoms. The first-order valence-electron chi connectivity index (χ1n) is 12.5. The lowest BCUT2D eigenvalue weighted by Gasteiger charge is -2.54. The first-order valence-corrected chi connectivity index (χ1v) is 12.5. The molecule has 2 N–H and O–H groups in total. The quantitative estimate of drug-likeness (QED) is 0.668. The monoisotopic (exact) mass is 450 g/mol. The van der Waals surface area contributed by atoms with Gasteiger partial charge in [0.25, 0.3) is 0 Å². The summed E-state index contributed by atoms with van der Waals surface area (Å²) < 4.78 is 11.9. The van der Waals surface area contributed by atoms with Gasteiger partial charge in [0.2, 0.25) is 5.91 Å². The number of amides is 2. The third kappa shape index (κ3) is 5.94. The minimum Gasteiger partial charge on any atom is -0.444 e. The summed E-state index contributed by atoms with van der Waals surface area (Å²) in [6.07, 6.45) is 6.40. The maximum Gasteiger partial charge on any atom is 0.408 e. The Morgan fingerprint density at radius 2 is 1.72 bits per heavy atom. The largest absolute Gasteiger partial charge is 0.444 e. The van der Waals surface area contributed by atoms with Crippen molar-refractivity contribution in [2.45, 2.75) is 82.5 Å². The molecule has 32 heavy (non-hydrogen) atoms. The second-order valence-corrected chi connectivity index (χ2v) is 11.4. The Bertz CT molecular complexity index is 653. The highest BCUT2D eigenvalue weighted by Gasteiger charge is 2.51. The molecule has 0 atom stereocenters. The van der Waals surface area contributed by atoms with Gasteiger partial charge in [-0.2, -0.15) is 0 Å². The van der Waals surface area contributed by atoms with Crippen LogP contribution in [0.1, 0.15) is 65.7 Å². The van der Waals surface area contributed by atoms with E-state index in [2.05, 4.69) is 15.5 Å². The fraction of sp³-hybridized carbons (Fsp3) is 0.917. The number of carbonyl (C=O) groups excluding carboxylic acids is 2. The van der Waals surface area contributed by atoms with Crippen LogP contribution in [0.4, 0.5) is 4.79 Å². The predicted octanol–water partition coefficient (Wildman–Crippen LogP) is 2.13. The number of fused-ring (bicyclic) bond motifs is 3. The van der Waals surface area contributed by atoms with Gasteiger partial charge in [0, 0.05) is 39.1 Å². The molecular weight excluding hydrogens is 408 g/mol. The maximum absolute atomic E-state index is 12.6. The van der Waals surface area contributed by atoms with Gasteiger partial charge in [0.15, 0.2) is 0 Å². The smallest absolute Gasteiger partial charge is 0.408 e. The van der Waals surface area contributed by atoms with Crippen molar-refractivity contribution in [3.8, 4) is 0 Å². The zero-order valence-electron chi connectivity index (χ0n) is 20.2. The van der Waals surface area contributed by atoms with E-state index in [0.29, 0.717) is 24.9 Å². The van der Waals surface area contributed by atoms with Crippen LogP contribution in [0.2, 0.25) is 0 Å². The number of rotatable bonds is 5. The van der Waals surface area contributed by atoms with Crippen molar-refractivity contribution in [1.82, 2.24) is 20.4 Å². The number of nitrogens with zero attached hydrogens (tertiary/aromatic N) is 2. The van der Waals surface area contributed by atoms with Crippen molar-refractivity contribution in [2.24, 2.45) is 5.92 Å². The standard InChI is InChI=1S/C24H42N4O4/c1-22(2,3)32-21(30)26-23-6-8-24(9-7-23,31-18-23)17-27-12-4-19(5-13-27)16-20(29)28-14-10-25-11-15-28/h19,25H,4-18H2,1-3H3,(H,26,30). The van der Waals surface area contributed by atoms with Gasteiger partial charge in [-0.3, -0.25) is 4.79 Å². The van der Waals surface area contributed by atoms with Gasteiger partial charge < -0.3 is 29.9 Å². The Balaban J connectivity index is 1.20. The zero-order chi connectivity index (χ0) is 22.8. The van der Waals surface area contributed by atoms with Gasteiger partial charge in [-0.05, 0) is 78.3 Å². The van der Waals surface area contributed by atoms with Crippen molar-refractivity contribution in [1.29, 1.82) is 0 Å². The van der Waals surface area contributed by atoms with Crippen molar-refractivity contribution in [3.63, 3.8) is 0 Å². The molecule has 5 aliphatic rings. The second-order valence-electron chi connectivity index (χ2n) is 11.4. The molecule has 4 aliphatic heterocycles. The van der Waals surface area contributed by atoms with E-state index in [-0.39, 0.29) is 17.2 Å². The average Bonchev–Trinajstić information content (AvgIpc) is 2.75. The van der Waals surface area contributed by atoms with Gasteiger partial charge in [-0.15, -0.1) is 0 Å². The van der Waals surface area contributed by atoms with Gasteiger partial charge in [-0.1, -0.05) is 0 Å². The fourth-order valence-corrected chi connectivity index (χ4v) is 5.70. The zero-order valence-corrected chi connectivity index (χ0v) is 20.2. The molecule has 0 unspecified atom stereocenters. The minimum atomic E-state index is -0.490. The van der Waals surface area contributed by atoms with Crippen LogP contribution in [0.25, 0.3) is 0 Å². The molecule has 8 heteroatoms. The van der Waals surface area contributed by atoms with E-state index < -0.39 is 5.60 Å². The van der Waals surface area contributed by atoms with Gasteiger partial charge in [-0.25, -0.2) is 4.79 Å². The topological polar surface area (TPSA) is 83.1 Å². The Morgan fingerprint density at radius 3 is 2.28 bits per heavy atom. The van der Waals surface area contributed by atoms with Gasteiger partial charge in [0.1, 0.15) is 5.60 Å². The lowest BCUT2D eigenvalue weighted by atomic mass is 9.70. The van der Waals surface area contributed by atoms with E-state index in [0.717, 1.165) is 84.3 Å². The molecule has 0 aromatic heterocycles. The van der Waals surface area contributed by atoms with Crippen LogP contribution in [0, 0.1) is 5.92 Å². The van der Waals surface area contributed by atoms with Crippen LogP contribution < -0.4 is 10.6 Å². The summed E-state index contributed by atoms with van der Waals surface area (Å²) in [6, 6.07) is 0. The first-order chi connectivity index (χ1) is 15.2. The highest BCUT2D eigenvalue weighted by molar-refractivity contribution is 5.76. The Labute approximate surface area is 192 Å². The molecule has 0 radical (unpaired) electrons. The van der Waals surface area contributed by atoms with E-state index in [1.807, 2.05) is 25.7 Å². The second kappa shape index (κ2) is 9.47. The van der Waals surface area contributed by atoms with Crippen molar-refractivity contribution >= 4 is 12.0 Å². The summed E-state index contributed by atoms with van der Waals surface area (Å²) in [4.78, 5) is 29.4. The van der Waals surface area contributed by atoms with Crippen LogP contribution in [0.15, 0.2) is 0 Å². The molecule has 4 heterocycles. The summed E-state index contributed by atoms with van der Waals surface area (Å²) in [7, 11) is 0. The number of likely N-dealkylation sites (tertiary alicyclic amines) is 1.